The summed E-state index contributed by atoms with van der Waals surface area (Å²) < 4.78 is 13.9. The van der Waals surface area contributed by atoms with Gasteiger partial charge in [-0.1, -0.05) is 13.0 Å². The summed E-state index contributed by atoms with van der Waals surface area (Å²) in [6.07, 6.45) is 0.574. The summed E-state index contributed by atoms with van der Waals surface area (Å²) in [5.74, 6) is -0.926. The molecule has 1 unspecified atom stereocenters. The number of carbonyl (C=O) groups is 1. The Morgan fingerprint density at radius 2 is 2.27 bits per heavy atom. The number of halogens is 2. The molecule has 0 spiro atoms. The summed E-state index contributed by atoms with van der Waals surface area (Å²) in [6.45, 7) is 2.19. The van der Waals surface area contributed by atoms with Crippen molar-refractivity contribution in [3.8, 4) is 0 Å². The number of ketones is 1. The first-order chi connectivity index (χ1) is 7.07. The zero-order valence-corrected chi connectivity index (χ0v) is 10.1. The van der Waals surface area contributed by atoms with Crippen molar-refractivity contribution in [3.63, 3.8) is 0 Å². The van der Waals surface area contributed by atoms with Crippen LogP contribution in [0.1, 0.15) is 23.7 Å². The van der Waals surface area contributed by atoms with Gasteiger partial charge in [0, 0.05) is 5.92 Å². The van der Waals surface area contributed by atoms with E-state index in [-0.39, 0.29) is 17.3 Å². The normalized spacial score (nSPS) is 12.5. The van der Waals surface area contributed by atoms with E-state index in [1.165, 1.54) is 6.07 Å². The fraction of sp³-hybridized carbons (Fsp3) is 0.364. The highest BCUT2D eigenvalue weighted by Gasteiger charge is 2.19. The summed E-state index contributed by atoms with van der Waals surface area (Å²) >= 11 is 3.05. The minimum Gasteiger partial charge on any atom is -0.330 e. The average molecular weight is 274 g/mol. The Morgan fingerprint density at radius 1 is 1.60 bits per heavy atom. The lowest BCUT2D eigenvalue weighted by molar-refractivity contribution is 0.0921. The van der Waals surface area contributed by atoms with Crippen LogP contribution >= 0.6 is 15.9 Å². The van der Waals surface area contributed by atoms with Crippen LogP contribution in [0.15, 0.2) is 22.7 Å². The van der Waals surface area contributed by atoms with Crippen LogP contribution < -0.4 is 5.73 Å². The number of hydrogen-bond acceptors (Lipinski definition) is 2. The van der Waals surface area contributed by atoms with E-state index >= 15 is 0 Å². The minimum absolute atomic E-state index is 0.130. The molecule has 0 aliphatic heterocycles. The van der Waals surface area contributed by atoms with Crippen LogP contribution in [0.3, 0.4) is 0 Å². The molecule has 0 radical (unpaired) electrons. The SMILES string of the molecule is CC(CCN)C(=O)c1cccc(Br)c1F. The number of benzene rings is 1. The zero-order valence-electron chi connectivity index (χ0n) is 8.47. The molecule has 0 aliphatic carbocycles. The van der Waals surface area contributed by atoms with Gasteiger partial charge >= 0.3 is 0 Å². The summed E-state index contributed by atoms with van der Waals surface area (Å²) in [7, 11) is 0. The van der Waals surface area contributed by atoms with Gasteiger partial charge in [0.05, 0.1) is 10.0 Å². The fourth-order valence-electron chi connectivity index (χ4n) is 1.34. The van der Waals surface area contributed by atoms with Crippen molar-refractivity contribution in [3.05, 3.63) is 34.1 Å². The molecule has 1 atom stereocenters. The summed E-state index contributed by atoms with van der Waals surface area (Å²) in [6, 6.07) is 4.71. The molecule has 0 fully saturated rings. The van der Waals surface area contributed by atoms with Gasteiger partial charge in [0.1, 0.15) is 5.82 Å². The first kappa shape index (κ1) is 12.3. The van der Waals surface area contributed by atoms with E-state index in [0.717, 1.165) is 0 Å². The molecule has 0 saturated carbocycles. The molecule has 1 rings (SSSR count). The quantitative estimate of drug-likeness (QED) is 0.858. The lowest BCUT2D eigenvalue weighted by Crippen LogP contribution is -2.17. The zero-order chi connectivity index (χ0) is 11.4. The van der Waals surface area contributed by atoms with Gasteiger partial charge in [-0.15, -0.1) is 0 Å². The molecule has 1 aromatic carbocycles. The van der Waals surface area contributed by atoms with Crippen molar-refractivity contribution in [2.24, 2.45) is 11.7 Å². The molecule has 0 aliphatic rings. The lowest BCUT2D eigenvalue weighted by atomic mass is 9.96. The van der Waals surface area contributed by atoms with Crippen molar-refractivity contribution in [2.75, 3.05) is 6.54 Å². The van der Waals surface area contributed by atoms with Gasteiger partial charge < -0.3 is 5.73 Å². The lowest BCUT2D eigenvalue weighted by Gasteiger charge is -2.10. The van der Waals surface area contributed by atoms with Crippen molar-refractivity contribution < 1.29 is 9.18 Å². The largest absolute Gasteiger partial charge is 0.330 e. The fourth-order valence-corrected chi connectivity index (χ4v) is 1.71. The summed E-state index contributed by atoms with van der Waals surface area (Å²) in [5.41, 5.74) is 5.49. The van der Waals surface area contributed by atoms with Gasteiger partial charge in [-0.3, -0.25) is 4.79 Å². The maximum atomic E-state index is 13.6. The summed E-state index contributed by atoms with van der Waals surface area (Å²) in [4.78, 5) is 11.8. The van der Waals surface area contributed by atoms with Gasteiger partial charge in [-0.25, -0.2) is 4.39 Å². The molecule has 2 N–H and O–H groups in total. The molecule has 0 heterocycles. The van der Waals surface area contributed by atoms with Gasteiger partial charge in [0.2, 0.25) is 0 Å². The molecule has 15 heavy (non-hydrogen) atoms. The second-order valence-corrected chi connectivity index (χ2v) is 4.30. The Hall–Kier alpha value is -0.740. The van der Waals surface area contributed by atoms with Gasteiger partial charge in [-0.2, -0.15) is 0 Å². The van der Waals surface area contributed by atoms with E-state index in [1.807, 2.05) is 0 Å². The average Bonchev–Trinajstić information content (AvgIpc) is 2.21. The summed E-state index contributed by atoms with van der Waals surface area (Å²) in [5, 5.41) is 0. The standard InChI is InChI=1S/C11H13BrFNO/c1-7(5-6-14)11(15)8-3-2-4-9(12)10(8)13/h2-4,7H,5-6,14H2,1H3. The second kappa shape index (κ2) is 5.37. The third-order valence-corrected chi connectivity index (χ3v) is 2.88. The van der Waals surface area contributed by atoms with Crippen LogP contribution in [-0.2, 0) is 0 Å². The monoisotopic (exact) mass is 273 g/mol. The molecule has 82 valence electrons. The van der Waals surface area contributed by atoms with Crippen LogP contribution in [0.2, 0.25) is 0 Å². The molecular weight excluding hydrogens is 261 g/mol. The van der Waals surface area contributed by atoms with Gasteiger partial charge in [0.15, 0.2) is 5.78 Å². The van der Waals surface area contributed by atoms with Gasteiger partial charge in [0.25, 0.3) is 0 Å². The number of rotatable bonds is 4. The van der Waals surface area contributed by atoms with Gasteiger partial charge in [-0.05, 0) is 41.0 Å². The van der Waals surface area contributed by atoms with Crippen LogP contribution in [0.4, 0.5) is 4.39 Å². The first-order valence-corrected chi connectivity index (χ1v) is 5.55. The molecule has 0 saturated heterocycles. The predicted octanol–water partition coefficient (Wildman–Crippen LogP) is 2.76. The van der Waals surface area contributed by atoms with E-state index in [4.69, 9.17) is 5.73 Å². The number of Topliss-reactive ketones (excluding diaryl/α,β-unsaturated/α-hetero) is 1. The molecule has 4 heteroatoms. The van der Waals surface area contributed by atoms with E-state index in [2.05, 4.69) is 15.9 Å². The Labute approximate surface area is 96.8 Å². The number of hydrogen-bond donors (Lipinski definition) is 1. The third kappa shape index (κ3) is 2.86. The molecule has 0 amide bonds. The van der Waals surface area contributed by atoms with Crippen LogP contribution in [0.25, 0.3) is 0 Å². The Balaban J connectivity index is 2.96. The molecule has 1 aromatic rings. The molecule has 0 aromatic heterocycles. The topological polar surface area (TPSA) is 43.1 Å². The maximum Gasteiger partial charge on any atom is 0.168 e. The minimum atomic E-state index is -0.494. The Morgan fingerprint density at radius 3 is 2.87 bits per heavy atom. The van der Waals surface area contributed by atoms with Crippen molar-refractivity contribution in [1.29, 1.82) is 0 Å². The van der Waals surface area contributed by atoms with Crippen LogP contribution in [0.5, 0.6) is 0 Å². The van der Waals surface area contributed by atoms with Crippen molar-refractivity contribution in [1.82, 2.24) is 0 Å². The van der Waals surface area contributed by atoms with E-state index in [9.17, 15) is 9.18 Å². The molecule has 2 nitrogen and oxygen atoms in total. The highest BCUT2D eigenvalue weighted by atomic mass is 79.9. The highest BCUT2D eigenvalue weighted by molar-refractivity contribution is 9.10. The van der Waals surface area contributed by atoms with E-state index < -0.39 is 5.82 Å². The predicted molar refractivity (Wildman–Crippen MR) is 61.3 cm³/mol. The maximum absolute atomic E-state index is 13.6. The number of carbonyl (C=O) groups excluding carboxylic acids is 1. The molecule has 0 bridgehead atoms. The van der Waals surface area contributed by atoms with E-state index in [1.54, 1.807) is 19.1 Å². The molecular formula is C11H13BrFNO. The highest BCUT2D eigenvalue weighted by Crippen LogP contribution is 2.21. The number of nitrogens with two attached hydrogens (primary N) is 1. The Kier molecular flexibility index (Phi) is 4.42. The first-order valence-electron chi connectivity index (χ1n) is 4.76. The van der Waals surface area contributed by atoms with Crippen LogP contribution in [0, 0.1) is 11.7 Å². The second-order valence-electron chi connectivity index (χ2n) is 3.44. The van der Waals surface area contributed by atoms with E-state index in [0.29, 0.717) is 17.4 Å². The van der Waals surface area contributed by atoms with Crippen LogP contribution in [-0.4, -0.2) is 12.3 Å². The smallest absolute Gasteiger partial charge is 0.168 e. The Bertz CT molecular complexity index is 368. The van der Waals surface area contributed by atoms with Crippen molar-refractivity contribution in [2.45, 2.75) is 13.3 Å². The van der Waals surface area contributed by atoms with Crippen molar-refractivity contribution >= 4 is 21.7 Å². The third-order valence-electron chi connectivity index (χ3n) is 2.26.